The quantitative estimate of drug-likeness (QED) is 0.187. The molecule has 4 aromatic carbocycles. The third-order valence-electron chi connectivity index (χ3n) is 6.35. The Morgan fingerprint density at radius 3 is 0.821 bits per heavy atom. The zero-order chi connectivity index (χ0) is 25.7. The van der Waals surface area contributed by atoms with Crippen LogP contribution in [0.4, 0.5) is 0 Å². The molecule has 0 aliphatic carbocycles. The molecule has 0 aliphatic rings. The van der Waals surface area contributed by atoms with Gasteiger partial charge in [0.1, 0.15) is 14.3 Å². The van der Waals surface area contributed by atoms with Gasteiger partial charge < -0.3 is 33.9 Å². The fourth-order valence-electron chi connectivity index (χ4n) is 4.25. The minimum atomic E-state index is -2.44. The van der Waals surface area contributed by atoms with Gasteiger partial charge in [0.25, 0.3) is 0 Å². The summed E-state index contributed by atoms with van der Waals surface area (Å²) in [6.45, 7) is 4.28. The SMILES string of the molecule is CCCCP(=O)(c1ccccc1)c1ccccc1.CCCCP(=O)(c1ccccc1)c1ccccc1.[Cl-].[Cl-].[Pd+2]. The average Bonchev–Trinajstić information content (AvgIpc) is 2.97. The van der Waals surface area contributed by atoms with Crippen molar-refractivity contribution in [3.05, 3.63) is 121 Å². The minimum absolute atomic E-state index is 0. The largest absolute Gasteiger partial charge is 2.00 e. The summed E-state index contributed by atoms with van der Waals surface area (Å²) in [5.74, 6) is 0. The van der Waals surface area contributed by atoms with E-state index < -0.39 is 14.3 Å². The molecule has 0 aliphatic heterocycles. The number of unbranched alkanes of at least 4 members (excludes halogenated alkanes) is 2. The van der Waals surface area contributed by atoms with Crippen molar-refractivity contribution in [2.75, 3.05) is 12.3 Å². The Hall–Kier alpha value is -1.42. The van der Waals surface area contributed by atoms with Gasteiger partial charge in [-0.2, -0.15) is 0 Å². The van der Waals surface area contributed by atoms with E-state index in [1.54, 1.807) is 0 Å². The molecule has 0 fully saturated rings. The molecule has 0 bridgehead atoms. The summed E-state index contributed by atoms with van der Waals surface area (Å²) in [6, 6.07) is 39.6. The number of halogens is 2. The molecule has 0 aromatic heterocycles. The van der Waals surface area contributed by atoms with Crippen molar-refractivity contribution in [3.8, 4) is 0 Å². The summed E-state index contributed by atoms with van der Waals surface area (Å²) in [5.41, 5.74) is 0. The second-order valence-electron chi connectivity index (χ2n) is 8.98. The molecule has 0 spiro atoms. The van der Waals surface area contributed by atoms with Crippen LogP contribution < -0.4 is 46.0 Å². The summed E-state index contributed by atoms with van der Waals surface area (Å²) < 4.78 is 26.8. The molecule has 7 heteroatoms. The molecule has 0 amide bonds. The first-order chi connectivity index (χ1) is 17.5. The van der Waals surface area contributed by atoms with Gasteiger partial charge in [0.15, 0.2) is 0 Å². The van der Waals surface area contributed by atoms with E-state index in [-0.39, 0.29) is 45.2 Å². The molecule has 39 heavy (non-hydrogen) atoms. The monoisotopic (exact) mass is 692 g/mol. The van der Waals surface area contributed by atoms with Gasteiger partial charge in [0.2, 0.25) is 0 Å². The van der Waals surface area contributed by atoms with Gasteiger partial charge in [-0.25, -0.2) is 0 Å². The molecule has 0 radical (unpaired) electrons. The van der Waals surface area contributed by atoms with Crippen LogP contribution in [0.2, 0.25) is 0 Å². The van der Waals surface area contributed by atoms with E-state index in [9.17, 15) is 9.13 Å². The molecule has 212 valence electrons. The van der Waals surface area contributed by atoms with Crippen molar-refractivity contribution in [3.63, 3.8) is 0 Å². The standard InChI is InChI=1S/2C16H19OP.2ClH.Pd/c2*1-2-3-14-18(17,15-10-6-4-7-11-15)16-12-8-5-9-13-16;;;/h2*4-13H,2-3,14H2,1H3;2*1H;/q;;;;+2/p-2. The summed E-state index contributed by atoms with van der Waals surface area (Å²) in [4.78, 5) is 0. The molecule has 0 unspecified atom stereocenters. The predicted octanol–water partition coefficient (Wildman–Crippen LogP) is 1.61. The van der Waals surface area contributed by atoms with E-state index in [1.165, 1.54) is 0 Å². The van der Waals surface area contributed by atoms with Crippen LogP contribution >= 0.6 is 14.3 Å². The molecular formula is C32H38Cl2O2P2Pd. The Labute approximate surface area is 261 Å². The van der Waals surface area contributed by atoms with E-state index in [0.717, 1.165) is 59.2 Å². The molecule has 4 aromatic rings. The van der Waals surface area contributed by atoms with Gasteiger partial charge in [0.05, 0.1) is 0 Å². The Kier molecular flexibility index (Phi) is 18.9. The smallest absolute Gasteiger partial charge is 1.00 e. The maximum Gasteiger partial charge on any atom is 2.00 e. The third-order valence-corrected chi connectivity index (χ3v) is 12.8. The summed E-state index contributed by atoms with van der Waals surface area (Å²) in [5, 5.41) is 3.91. The molecule has 0 heterocycles. The minimum Gasteiger partial charge on any atom is -1.00 e. The summed E-state index contributed by atoms with van der Waals surface area (Å²) >= 11 is 0. The second kappa shape index (κ2) is 19.6. The Morgan fingerprint density at radius 2 is 0.641 bits per heavy atom. The van der Waals surface area contributed by atoms with E-state index in [1.807, 2.05) is 121 Å². The Morgan fingerprint density at radius 1 is 0.436 bits per heavy atom. The first-order valence-electron chi connectivity index (χ1n) is 12.9. The fraction of sp³-hybridized carbons (Fsp3) is 0.250. The van der Waals surface area contributed by atoms with E-state index in [4.69, 9.17) is 0 Å². The zero-order valence-electron chi connectivity index (χ0n) is 22.6. The fourth-order valence-corrected chi connectivity index (χ4v) is 10.0. The summed E-state index contributed by atoms with van der Waals surface area (Å²) in [7, 11) is -4.88. The van der Waals surface area contributed by atoms with Crippen molar-refractivity contribution in [1.29, 1.82) is 0 Å². The van der Waals surface area contributed by atoms with Gasteiger partial charge in [-0.05, 0) is 12.8 Å². The van der Waals surface area contributed by atoms with Crippen molar-refractivity contribution in [2.24, 2.45) is 0 Å². The van der Waals surface area contributed by atoms with Gasteiger partial charge in [0, 0.05) is 33.5 Å². The normalized spacial score (nSPS) is 10.5. The van der Waals surface area contributed by atoms with E-state index in [2.05, 4.69) is 13.8 Å². The third kappa shape index (κ3) is 10.5. The molecule has 0 N–H and O–H groups in total. The topological polar surface area (TPSA) is 34.1 Å². The first-order valence-corrected chi connectivity index (χ1v) is 16.7. The van der Waals surface area contributed by atoms with Crippen LogP contribution in [0.15, 0.2) is 121 Å². The van der Waals surface area contributed by atoms with Gasteiger partial charge >= 0.3 is 20.4 Å². The maximum atomic E-state index is 13.4. The van der Waals surface area contributed by atoms with E-state index >= 15 is 0 Å². The molecule has 0 atom stereocenters. The average molecular weight is 694 g/mol. The van der Waals surface area contributed by atoms with Gasteiger partial charge in [-0.3, -0.25) is 0 Å². The number of benzene rings is 4. The zero-order valence-corrected chi connectivity index (χ0v) is 27.4. The van der Waals surface area contributed by atoms with Crippen LogP contribution in [0, 0.1) is 0 Å². The molecule has 4 rings (SSSR count). The van der Waals surface area contributed by atoms with Crippen LogP contribution in [0.3, 0.4) is 0 Å². The van der Waals surface area contributed by atoms with Crippen LogP contribution in [0.25, 0.3) is 0 Å². The van der Waals surface area contributed by atoms with Gasteiger partial charge in [-0.15, -0.1) is 0 Å². The number of hydrogen-bond donors (Lipinski definition) is 0. The maximum absolute atomic E-state index is 13.4. The molecule has 0 saturated heterocycles. The molecule has 0 saturated carbocycles. The van der Waals surface area contributed by atoms with Crippen molar-refractivity contribution in [2.45, 2.75) is 39.5 Å². The summed E-state index contributed by atoms with van der Waals surface area (Å²) in [6.07, 6.45) is 5.67. The Bertz CT molecular complexity index is 1070. The van der Waals surface area contributed by atoms with Crippen LogP contribution in [0.5, 0.6) is 0 Å². The van der Waals surface area contributed by atoms with Crippen molar-refractivity contribution >= 4 is 35.5 Å². The molecule has 2 nitrogen and oxygen atoms in total. The predicted molar refractivity (Wildman–Crippen MR) is 159 cm³/mol. The number of rotatable bonds is 10. The number of hydrogen-bond acceptors (Lipinski definition) is 2. The molecular weight excluding hydrogens is 656 g/mol. The van der Waals surface area contributed by atoms with E-state index in [0.29, 0.717) is 0 Å². The first kappa shape index (κ1) is 37.6. The van der Waals surface area contributed by atoms with Crippen molar-refractivity contribution in [1.82, 2.24) is 0 Å². The second-order valence-corrected chi connectivity index (χ2v) is 14.9. The van der Waals surface area contributed by atoms with Crippen LogP contribution in [0.1, 0.15) is 39.5 Å². The van der Waals surface area contributed by atoms with Crippen LogP contribution in [-0.2, 0) is 29.6 Å². The van der Waals surface area contributed by atoms with Gasteiger partial charge in [-0.1, -0.05) is 148 Å². The van der Waals surface area contributed by atoms with Crippen molar-refractivity contribution < 1.29 is 54.4 Å². The van der Waals surface area contributed by atoms with Crippen LogP contribution in [-0.4, -0.2) is 12.3 Å². The Balaban J connectivity index is 0.000000688.